The molecular weight excluding hydrogens is 364 g/mol. The van der Waals surface area contributed by atoms with Crippen molar-refractivity contribution in [3.63, 3.8) is 0 Å². The molecule has 8 heteroatoms. The summed E-state index contributed by atoms with van der Waals surface area (Å²) < 4.78 is 27.0. The molecule has 0 aliphatic carbocycles. The summed E-state index contributed by atoms with van der Waals surface area (Å²) in [6.45, 7) is 1.35. The molecule has 24 heavy (non-hydrogen) atoms. The zero-order valence-corrected chi connectivity index (χ0v) is 15.6. The van der Waals surface area contributed by atoms with Crippen LogP contribution < -0.4 is 5.32 Å². The van der Waals surface area contributed by atoms with Crippen molar-refractivity contribution in [2.75, 3.05) is 19.6 Å². The Morgan fingerprint density at radius 3 is 2.75 bits per heavy atom. The van der Waals surface area contributed by atoms with Crippen LogP contribution in [0.25, 0.3) is 0 Å². The van der Waals surface area contributed by atoms with Crippen LogP contribution in [0.15, 0.2) is 39.2 Å². The fourth-order valence-corrected chi connectivity index (χ4v) is 6.20. The first kappa shape index (κ1) is 17.6. The SMILES string of the molecule is O=C(NCCc1cccs1)C1CCCN(S(=O)(=O)c2cccs2)C1. The highest BCUT2D eigenvalue weighted by Gasteiger charge is 2.33. The summed E-state index contributed by atoms with van der Waals surface area (Å²) in [6, 6.07) is 7.39. The molecule has 1 saturated heterocycles. The van der Waals surface area contributed by atoms with E-state index in [1.165, 1.54) is 20.5 Å². The van der Waals surface area contributed by atoms with Crippen LogP contribution in [-0.2, 0) is 21.2 Å². The minimum atomic E-state index is -3.47. The Kier molecular flexibility index (Phi) is 5.70. The smallest absolute Gasteiger partial charge is 0.252 e. The molecule has 1 amide bonds. The van der Waals surface area contributed by atoms with Crippen LogP contribution >= 0.6 is 22.7 Å². The van der Waals surface area contributed by atoms with Crippen LogP contribution in [0, 0.1) is 5.92 Å². The van der Waals surface area contributed by atoms with Gasteiger partial charge in [-0.1, -0.05) is 12.1 Å². The number of amides is 1. The lowest BCUT2D eigenvalue weighted by Gasteiger charge is -2.30. The molecule has 1 aliphatic rings. The quantitative estimate of drug-likeness (QED) is 0.832. The Hall–Kier alpha value is -1.22. The molecular formula is C16H20N2O3S3. The van der Waals surface area contributed by atoms with Crippen molar-refractivity contribution in [3.05, 3.63) is 39.9 Å². The fraction of sp³-hybridized carbons (Fsp3) is 0.438. The number of hydrogen-bond donors (Lipinski definition) is 1. The first-order valence-electron chi connectivity index (χ1n) is 7.91. The summed E-state index contributed by atoms with van der Waals surface area (Å²) in [5, 5.41) is 6.72. The molecule has 0 radical (unpaired) electrons. The number of hydrogen-bond acceptors (Lipinski definition) is 5. The van der Waals surface area contributed by atoms with E-state index >= 15 is 0 Å². The van der Waals surface area contributed by atoms with Gasteiger partial charge >= 0.3 is 0 Å². The minimum absolute atomic E-state index is 0.0439. The van der Waals surface area contributed by atoms with Gasteiger partial charge in [-0.05, 0) is 42.2 Å². The van der Waals surface area contributed by atoms with Crippen LogP contribution in [0.4, 0.5) is 0 Å². The van der Waals surface area contributed by atoms with Crippen molar-refractivity contribution in [3.8, 4) is 0 Å². The molecule has 1 unspecified atom stereocenters. The summed E-state index contributed by atoms with van der Waals surface area (Å²) in [5.74, 6) is -0.311. The van der Waals surface area contributed by atoms with Gasteiger partial charge in [0.15, 0.2) is 0 Å². The van der Waals surface area contributed by atoms with Gasteiger partial charge in [0.25, 0.3) is 10.0 Å². The molecule has 1 aliphatic heterocycles. The maximum Gasteiger partial charge on any atom is 0.252 e. The lowest BCUT2D eigenvalue weighted by atomic mass is 9.99. The highest BCUT2D eigenvalue weighted by atomic mass is 32.2. The highest BCUT2D eigenvalue weighted by molar-refractivity contribution is 7.91. The van der Waals surface area contributed by atoms with Crippen molar-refractivity contribution < 1.29 is 13.2 Å². The van der Waals surface area contributed by atoms with E-state index in [-0.39, 0.29) is 18.4 Å². The largest absolute Gasteiger partial charge is 0.355 e. The molecule has 1 atom stereocenters. The van der Waals surface area contributed by atoms with Crippen LogP contribution in [0.1, 0.15) is 17.7 Å². The van der Waals surface area contributed by atoms with Gasteiger partial charge in [0.1, 0.15) is 4.21 Å². The molecule has 2 aromatic rings. The van der Waals surface area contributed by atoms with Crippen LogP contribution in [0.5, 0.6) is 0 Å². The summed E-state index contributed by atoms with van der Waals surface area (Å²) in [7, 11) is -3.47. The first-order valence-corrected chi connectivity index (χ1v) is 11.1. The van der Waals surface area contributed by atoms with E-state index in [4.69, 9.17) is 0 Å². The average molecular weight is 385 g/mol. The standard InChI is InChI=1S/C16H20N2O3S3/c19-16(17-8-7-14-5-2-10-22-14)13-4-1-9-18(12-13)24(20,21)15-6-3-11-23-15/h2-3,5-6,10-11,13H,1,4,7-9,12H2,(H,17,19). The van der Waals surface area contributed by atoms with E-state index < -0.39 is 10.0 Å². The third kappa shape index (κ3) is 4.05. The summed E-state index contributed by atoms with van der Waals surface area (Å²) in [6.07, 6.45) is 2.27. The zero-order valence-electron chi connectivity index (χ0n) is 13.2. The molecule has 0 aromatic carbocycles. The molecule has 0 bridgehead atoms. The Labute approximate surface area is 150 Å². The van der Waals surface area contributed by atoms with Crippen LogP contribution in [-0.4, -0.2) is 38.3 Å². The van der Waals surface area contributed by atoms with Crippen molar-refractivity contribution in [2.24, 2.45) is 5.92 Å². The number of nitrogens with zero attached hydrogens (tertiary/aromatic N) is 1. The second-order valence-corrected chi connectivity index (χ2v) is 9.90. The van der Waals surface area contributed by atoms with Crippen molar-refractivity contribution in [2.45, 2.75) is 23.5 Å². The Bertz CT molecular complexity index is 755. The topological polar surface area (TPSA) is 66.5 Å². The van der Waals surface area contributed by atoms with Crippen molar-refractivity contribution in [1.29, 1.82) is 0 Å². The van der Waals surface area contributed by atoms with E-state index in [1.54, 1.807) is 28.8 Å². The minimum Gasteiger partial charge on any atom is -0.355 e. The van der Waals surface area contributed by atoms with Gasteiger partial charge in [-0.15, -0.1) is 22.7 Å². The van der Waals surface area contributed by atoms with Gasteiger partial charge in [-0.25, -0.2) is 8.42 Å². The van der Waals surface area contributed by atoms with Gasteiger partial charge in [0.05, 0.1) is 5.92 Å². The monoisotopic (exact) mass is 384 g/mol. The van der Waals surface area contributed by atoms with Gasteiger partial charge in [-0.3, -0.25) is 4.79 Å². The summed E-state index contributed by atoms with van der Waals surface area (Å²) >= 11 is 2.89. The van der Waals surface area contributed by atoms with E-state index in [2.05, 4.69) is 5.32 Å². The Morgan fingerprint density at radius 1 is 1.25 bits per heavy atom. The zero-order chi connectivity index (χ0) is 17.0. The van der Waals surface area contributed by atoms with Gasteiger partial charge in [0.2, 0.25) is 5.91 Å². The van der Waals surface area contributed by atoms with Crippen LogP contribution in [0.3, 0.4) is 0 Å². The number of carbonyl (C=O) groups excluding carboxylic acids is 1. The molecule has 2 aromatic heterocycles. The van der Waals surface area contributed by atoms with Gasteiger partial charge < -0.3 is 5.32 Å². The second-order valence-electron chi connectivity index (χ2n) is 5.75. The molecule has 3 rings (SSSR count). The summed E-state index contributed by atoms with van der Waals surface area (Å²) in [5.41, 5.74) is 0. The van der Waals surface area contributed by atoms with Crippen molar-refractivity contribution >= 4 is 38.6 Å². The predicted molar refractivity (Wildman–Crippen MR) is 96.8 cm³/mol. The van der Waals surface area contributed by atoms with E-state index in [9.17, 15) is 13.2 Å². The number of carbonyl (C=O) groups is 1. The number of nitrogens with one attached hydrogen (secondary N) is 1. The Morgan fingerprint density at radius 2 is 2.04 bits per heavy atom. The van der Waals surface area contributed by atoms with Crippen LogP contribution in [0.2, 0.25) is 0 Å². The molecule has 3 heterocycles. The summed E-state index contributed by atoms with van der Waals surface area (Å²) in [4.78, 5) is 13.6. The number of rotatable bonds is 6. The molecule has 5 nitrogen and oxygen atoms in total. The maximum absolute atomic E-state index is 12.6. The third-order valence-electron chi connectivity index (χ3n) is 4.09. The molecule has 130 valence electrons. The number of sulfonamides is 1. The molecule has 0 saturated carbocycles. The predicted octanol–water partition coefficient (Wildman–Crippen LogP) is 2.57. The number of piperidine rings is 1. The Balaban J connectivity index is 1.56. The molecule has 1 fully saturated rings. The third-order valence-corrected chi connectivity index (χ3v) is 8.27. The van der Waals surface area contributed by atoms with E-state index in [0.29, 0.717) is 23.7 Å². The van der Waals surface area contributed by atoms with Gasteiger partial charge in [-0.2, -0.15) is 4.31 Å². The second kappa shape index (κ2) is 7.77. The maximum atomic E-state index is 12.6. The van der Waals surface area contributed by atoms with E-state index in [0.717, 1.165) is 12.8 Å². The lowest BCUT2D eigenvalue weighted by Crippen LogP contribution is -2.45. The van der Waals surface area contributed by atoms with E-state index in [1.807, 2.05) is 17.5 Å². The fourth-order valence-electron chi connectivity index (χ4n) is 2.82. The first-order chi connectivity index (χ1) is 11.6. The highest BCUT2D eigenvalue weighted by Crippen LogP contribution is 2.26. The molecule has 1 N–H and O–H groups in total. The normalized spacial score (nSPS) is 19.2. The average Bonchev–Trinajstić information content (AvgIpc) is 3.29. The van der Waals surface area contributed by atoms with Crippen molar-refractivity contribution in [1.82, 2.24) is 9.62 Å². The molecule has 0 spiro atoms. The lowest BCUT2D eigenvalue weighted by molar-refractivity contribution is -0.126. The number of thiophene rings is 2. The van der Waals surface area contributed by atoms with Gasteiger partial charge in [0, 0.05) is 24.5 Å².